The molecule has 310 valence electrons. The minimum atomic E-state index is -0.698. The van der Waals surface area contributed by atoms with E-state index in [-0.39, 0.29) is 35.7 Å². The van der Waals surface area contributed by atoms with Crippen molar-refractivity contribution in [2.24, 2.45) is 11.8 Å². The zero-order valence-electron chi connectivity index (χ0n) is 34.3. The van der Waals surface area contributed by atoms with Gasteiger partial charge < -0.3 is 39.9 Å². The summed E-state index contributed by atoms with van der Waals surface area (Å²) in [6.07, 6.45) is 7.77. The maximum atomic E-state index is 13.7. The predicted molar refractivity (Wildman–Crippen MR) is 220 cm³/mol. The SMILES string of the molecule is COC(=O)N[C@@H](CC(C)C)C(=O)N1CCC[C@H]1c1ncc(-c2ccc3nc(-c4ccc(-c5cnc(C6CCCN6C(=O)[C@@H](NC(=O)OC)C(C)C)[nH]5)cc4)cnc3c2)[nH]1. The standard InChI is InChI=1S/C43H52N10O6/c1-24(2)19-31(50-42(56)58-5)40(54)52-17-7-9-35(52)38-46-23-34(49-38)28-15-16-29-30(20-28)44-21-32(47-29)26-11-13-27(14-12-26)33-22-45-39(48-33)36-10-8-18-53(36)41(55)37(25(3)4)51-43(57)59-6/h11-16,20-25,31,35-37H,7-10,17-19H2,1-6H3,(H,45,48)(H,46,49)(H,50,56)(H,51,57)/t31-,35-,36?,37-/m0/s1. The number of likely N-dealkylation sites (tertiary alicyclic amines) is 2. The lowest BCUT2D eigenvalue weighted by atomic mass is 10.0. The molecule has 16 heteroatoms. The summed E-state index contributed by atoms with van der Waals surface area (Å²) >= 11 is 0. The summed E-state index contributed by atoms with van der Waals surface area (Å²) in [5.74, 6) is 1.20. The largest absolute Gasteiger partial charge is 0.453 e. The highest BCUT2D eigenvalue weighted by molar-refractivity contribution is 5.87. The van der Waals surface area contributed by atoms with Gasteiger partial charge in [-0.25, -0.2) is 24.5 Å². The molecule has 0 aliphatic carbocycles. The maximum absolute atomic E-state index is 13.7. The van der Waals surface area contributed by atoms with E-state index in [0.29, 0.717) is 31.2 Å². The van der Waals surface area contributed by atoms with Crippen LogP contribution in [0.25, 0.3) is 44.8 Å². The van der Waals surface area contributed by atoms with E-state index >= 15 is 0 Å². The second-order valence-electron chi connectivity index (χ2n) is 16.0. The average molecular weight is 805 g/mol. The minimum Gasteiger partial charge on any atom is -0.453 e. The Balaban J connectivity index is 1.02. The number of ether oxygens (including phenoxy) is 2. The van der Waals surface area contributed by atoms with E-state index in [9.17, 15) is 19.2 Å². The van der Waals surface area contributed by atoms with Gasteiger partial charge in [0.05, 0.1) is 73.0 Å². The number of amides is 4. The van der Waals surface area contributed by atoms with Crippen molar-refractivity contribution >= 4 is 35.0 Å². The van der Waals surface area contributed by atoms with Crippen molar-refractivity contribution in [2.45, 2.75) is 84.0 Å². The molecule has 2 fully saturated rings. The fourth-order valence-corrected chi connectivity index (χ4v) is 8.05. The van der Waals surface area contributed by atoms with Gasteiger partial charge in [0.25, 0.3) is 0 Å². The van der Waals surface area contributed by atoms with Gasteiger partial charge in [-0.15, -0.1) is 0 Å². The summed E-state index contributed by atoms with van der Waals surface area (Å²) in [4.78, 5) is 80.7. The molecule has 2 aliphatic heterocycles. The molecule has 0 radical (unpaired) electrons. The Labute approximate surface area is 342 Å². The number of aromatic amines is 2. The van der Waals surface area contributed by atoms with Crippen LogP contribution in [0.5, 0.6) is 0 Å². The van der Waals surface area contributed by atoms with Gasteiger partial charge in [0.15, 0.2) is 0 Å². The van der Waals surface area contributed by atoms with Gasteiger partial charge in [0.2, 0.25) is 11.8 Å². The smallest absolute Gasteiger partial charge is 0.407 e. The van der Waals surface area contributed by atoms with Crippen LogP contribution in [0.4, 0.5) is 9.59 Å². The van der Waals surface area contributed by atoms with Crippen LogP contribution in [0.2, 0.25) is 0 Å². The molecule has 16 nitrogen and oxygen atoms in total. The van der Waals surface area contributed by atoms with E-state index in [1.807, 2.05) is 75.1 Å². The Morgan fingerprint density at radius 1 is 0.712 bits per heavy atom. The summed E-state index contributed by atoms with van der Waals surface area (Å²) in [5.41, 5.74) is 6.57. The van der Waals surface area contributed by atoms with E-state index in [1.54, 1.807) is 23.5 Å². The van der Waals surface area contributed by atoms with E-state index < -0.39 is 24.3 Å². The number of H-pyrrole nitrogens is 2. The summed E-state index contributed by atoms with van der Waals surface area (Å²) in [5, 5.41) is 5.41. The first-order chi connectivity index (χ1) is 28.4. The Kier molecular flexibility index (Phi) is 12.2. The highest BCUT2D eigenvalue weighted by Crippen LogP contribution is 2.35. The third-order valence-corrected chi connectivity index (χ3v) is 11.1. The highest BCUT2D eigenvalue weighted by atomic mass is 16.5. The Morgan fingerprint density at radius 3 is 1.86 bits per heavy atom. The Bertz CT molecular complexity index is 2300. The van der Waals surface area contributed by atoms with E-state index in [2.05, 4.69) is 30.6 Å². The number of fused-ring (bicyclic) bond motifs is 1. The van der Waals surface area contributed by atoms with Crippen LogP contribution in [-0.2, 0) is 19.1 Å². The number of benzene rings is 2. The molecule has 2 aromatic carbocycles. The van der Waals surface area contributed by atoms with Crippen molar-refractivity contribution in [2.75, 3.05) is 27.3 Å². The third-order valence-electron chi connectivity index (χ3n) is 11.1. The number of aromatic nitrogens is 6. The van der Waals surface area contributed by atoms with Crippen LogP contribution in [0, 0.1) is 11.8 Å². The zero-order valence-corrected chi connectivity index (χ0v) is 34.3. The van der Waals surface area contributed by atoms with Crippen LogP contribution >= 0.6 is 0 Å². The second kappa shape index (κ2) is 17.7. The molecular weight excluding hydrogens is 753 g/mol. The Hall–Kier alpha value is -6.32. The maximum Gasteiger partial charge on any atom is 0.407 e. The first kappa shape index (κ1) is 40.9. The molecular formula is C43H52N10O6. The molecule has 4 atom stereocenters. The number of imidazole rings is 2. The number of nitrogens with zero attached hydrogens (tertiary/aromatic N) is 6. The fourth-order valence-electron chi connectivity index (χ4n) is 8.05. The van der Waals surface area contributed by atoms with Gasteiger partial charge in [-0.1, -0.05) is 58.0 Å². The van der Waals surface area contributed by atoms with Crippen LogP contribution in [0.1, 0.15) is 83.5 Å². The third kappa shape index (κ3) is 8.91. The van der Waals surface area contributed by atoms with Crippen LogP contribution in [-0.4, -0.2) is 103 Å². The first-order valence-corrected chi connectivity index (χ1v) is 20.2. The van der Waals surface area contributed by atoms with Crippen molar-refractivity contribution < 1.29 is 28.7 Å². The first-order valence-electron chi connectivity index (χ1n) is 20.2. The molecule has 59 heavy (non-hydrogen) atoms. The number of nitrogens with one attached hydrogen (secondary N) is 4. The predicted octanol–water partition coefficient (Wildman–Crippen LogP) is 6.56. The number of carbonyl (C=O) groups is 4. The van der Waals surface area contributed by atoms with Gasteiger partial charge in [0, 0.05) is 24.2 Å². The Morgan fingerprint density at radius 2 is 1.27 bits per heavy atom. The molecule has 7 rings (SSSR count). The van der Waals surface area contributed by atoms with Crippen molar-refractivity contribution in [3.8, 4) is 33.8 Å². The number of hydrogen-bond acceptors (Lipinski definition) is 10. The van der Waals surface area contributed by atoms with Gasteiger partial charge >= 0.3 is 12.2 Å². The normalized spacial score (nSPS) is 17.7. The summed E-state index contributed by atoms with van der Waals surface area (Å²) in [7, 11) is 2.58. The zero-order chi connectivity index (χ0) is 41.8. The van der Waals surface area contributed by atoms with Gasteiger partial charge in [-0.2, -0.15) is 0 Å². The van der Waals surface area contributed by atoms with Gasteiger partial charge in [0.1, 0.15) is 23.7 Å². The molecule has 4 amide bonds. The topological polar surface area (TPSA) is 200 Å². The molecule has 3 aromatic heterocycles. The number of rotatable bonds is 12. The van der Waals surface area contributed by atoms with Crippen LogP contribution in [0.15, 0.2) is 61.1 Å². The molecule has 4 N–H and O–H groups in total. The number of hydrogen-bond donors (Lipinski definition) is 4. The van der Waals surface area contributed by atoms with Crippen molar-refractivity contribution in [3.63, 3.8) is 0 Å². The number of alkyl carbamates (subject to hydrolysis) is 2. The molecule has 0 bridgehead atoms. The lowest BCUT2D eigenvalue weighted by Crippen LogP contribution is -2.51. The summed E-state index contributed by atoms with van der Waals surface area (Å²) in [6, 6.07) is 12.1. The summed E-state index contributed by atoms with van der Waals surface area (Å²) < 4.78 is 9.54. The van der Waals surface area contributed by atoms with Crippen molar-refractivity contribution in [1.82, 2.24) is 50.3 Å². The van der Waals surface area contributed by atoms with E-state index in [0.717, 1.165) is 70.5 Å². The lowest BCUT2D eigenvalue weighted by Gasteiger charge is -2.30. The average Bonchev–Trinajstić information content (AvgIpc) is 4.08. The van der Waals surface area contributed by atoms with Crippen molar-refractivity contribution in [1.29, 1.82) is 0 Å². The van der Waals surface area contributed by atoms with E-state index in [1.165, 1.54) is 14.2 Å². The molecule has 0 saturated carbocycles. The van der Waals surface area contributed by atoms with Crippen LogP contribution < -0.4 is 10.6 Å². The van der Waals surface area contributed by atoms with Crippen LogP contribution in [0.3, 0.4) is 0 Å². The van der Waals surface area contributed by atoms with E-state index in [4.69, 9.17) is 19.4 Å². The molecule has 5 aromatic rings. The van der Waals surface area contributed by atoms with Crippen molar-refractivity contribution in [3.05, 3.63) is 72.7 Å². The second-order valence-corrected chi connectivity index (χ2v) is 16.0. The lowest BCUT2D eigenvalue weighted by molar-refractivity contribution is -0.136. The molecule has 5 heterocycles. The number of carbonyl (C=O) groups excluding carboxylic acids is 4. The van der Waals surface area contributed by atoms with Gasteiger partial charge in [-0.05, 0) is 61.6 Å². The van der Waals surface area contributed by atoms with Gasteiger partial charge in [-0.3, -0.25) is 14.6 Å². The molecule has 1 unspecified atom stereocenters. The molecule has 2 saturated heterocycles. The monoisotopic (exact) mass is 804 g/mol. The molecule has 0 spiro atoms. The highest BCUT2D eigenvalue weighted by Gasteiger charge is 2.38. The number of methoxy groups -OCH3 is 2. The molecule has 2 aliphatic rings. The summed E-state index contributed by atoms with van der Waals surface area (Å²) in [6.45, 7) is 8.99. The minimum absolute atomic E-state index is 0.114. The fraction of sp³-hybridized carbons (Fsp3) is 0.442. The quantitative estimate of drug-likeness (QED) is 0.107.